The van der Waals surface area contributed by atoms with Gasteiger partial charge in [-0.3, -0.25) is 0 Å². The minimum absolute atomic E-state index is 0.141. The molecule has 1 N–H and O–H groups in total. The summed E-state index contributed by atoms with van der Waals surface area (Å²) in [4.78, 5) is 2.97. The zero-order chi connectivity index (χ0) is 30.5. The van der Waals surface area contributed by atoms with Gasteiger partial charge in [-0.25, -0.2) is 0 Å². The van der Waals surface area contributed by atoms with E-state index in [-0.39, 0.29) is 18.3 Å². The van der Waals surface area contributed by atoms with E-state index in [1.54, 1.807) is 0 Å². The van der Waals surface area contributed by atoms with Crippen LogP contribution in [0.2, 0.25) is 5.04 Å². The van der Waals surface area contributed by atoms with Crippen LogP contribution in [-0.4, -0.2) is 57.8 Å². The van der Waals surface area contributed by atoms with Crippen molar-refractivity contribution in [3.8, 4) is 0 Å². The zero-order valence-corrected chi connectivity index (χ0v) is 26.0. The summed E-state index contributed by atoms with van der Waals surface area (Å²) in [6.07, 6.45) is -3.65. The van der Waals surface area contributed by atoms with E-state index in [4.69, 9.17) is 18.6 Å². The highest BCUT2D eigenvalue weighted by Gasteiger charge is 2.52. The van der Waals surface area contributed by atoms with Gasteiger partial charge in [-0.05, 0) is 43.3 Å². The lowest BCUT2D eigenvalue weighted by Gasteiger charge is -2.46. The fraction of sp³-hybridized carbons (Fsp3) is 0.353. The second-order valence-electron chi connectivity index (χ2n) is 11.9. The van der Waals surface area contributed by atoms with Gasteiger partial charge in [0.15, 0.2) is 6.29 Å². The van der Waals surface area contributed by atoms with E-state index in [0.29, 0.717) is 0 Å². The van der Waals surface area contributed by atoms with Gasteiger partial charge in [0, 0.05) is 12.0 Å². The molecule has 43 heavy (non-hydrogen) atoms. The summed E-state index contributed by atoms with van der Waals surface area (Å²) in [5.74, 6) is 0. The monoisotopic (exact) mass is 597 g/mol. The number of azide groups is 1. The van der Waals surface area contributed by atoms with Gasteiger partial charge >= 0.3 is 0 Å². The van der Waals surface area contributed by atoms with Crippen LogP contribution in [0.3, 0.4) is 0 Å². The molecule has 1 fully saturated rings. The minimum atomic E-state index is -2.89. The van der Waals surface area contributed by atoms with E-state index in [0.717, 1.165) is 26.7 Å². The van der Waals surface area contributed by atoms with Crippen molar-refractivity contribution in [3.05, 3.63) is 119 Å². The molecule has 1 saturated heterocycles. The van der Waals surface area contributed by atoms with Crippen molar-refractivity contribution in [1.82, 2.24) is 0 Å². The highest BCUT2D eigenvalue weighted by Crippen LogP contribution is 2.38. The van der Waals surface area contributed by atoms with Crippen molar-refractivity contribution in [2.24, 2.45) is 5.11 Å². The first-order valence-electron chi connectivity index (χ1n) is 14.5. The molecule has 1 heterocycles. The summed E-state index contributed by atoms with van der Waals surface area (Å²) in [5.41, 5.74) is 10.2. The summed E-state index contributed by atoms with van der Waals surface area (Å²) >= 11 is 0. The Kier molecular flexibility index (Phi) is 9.64. The molecule has 9 heteroatoms. The van der Waals surface area contributed by atoms with Crippen LogP contribution in [-0.2, 0) is 25.2 Å². The molecule has 0 spiro atoms. The third kappa shape index (κ3) is 6.39. The van der Waals surface area contributed by atoms with Gasteiger partial charge in [0.25, 0.3) is 8.32 Å². The molecule has 4 aromatic carbocycles. The van der Waals surface area contributed by atoms with Crippen molar-refractivity contribution >= 4 is 29.5 Å². The summed E-state index contributed by atoms with van der Waals surface area (Å²) in [6, 6.07) is 33.8. The molecule has 224 valence electrons. The van der Waals surface area contributed by atoms with Crippen LogP contribution in [0.1, 0.15) is 26.3 Å². The number of nitrogens with zero attached hydrogens (tertiary/aromatic N) is 3. The normalized spacial score (nSPS) is 22.7. The van der Waals surface area contributed by atoms with Gasteiger partial charge in [-0.2, -0.15) is 0 Å². The molecule has 1 aliphatic heterocycles. The summed E-state index contributed by atoms with van der Waals surface area (Å²) < 4.78 is 25.5. The Morgan fingerprint density at radius 1 is 0.884 bits per heavy atom. The summed E-state index contributed by atoms with van der Waals surface area (Å²) in [5, 5.41) is 19.5. The molecular formula is C34H39N3O5Si. The van der Waals surface area contributed by atoms with Crippen LogP contribution < -0.4 is 10.4 Å². The van der Waals surface area contributed by atoms with Gasteiger partial charge in [0.2, 0.25) is 0 Å². The fourth-order valence-corrected chi connectivity index (χ4v) is 10.7. The summed E-state index contributed by atoms with van der Waals surface area (Å²) in [6.45, 7) is 6.96. The molecule has 0 saturated carbocycles. The number of aliphatic hydroxyl groups is 1. The third-order valence-electron chi connectivity index (χ3n) is 8.21. The number of rotatable bonds is 10. The standard InChI is InChI=1S/C34H39N3O5Si/c1-34(2,3)43(27-15-7-5-8-16-27,28-17-9-6-10-18-28)41-23-29-32(39-4)31(38)30(36-37-35)33(42-29)40-22-24-19-20-25-13-11-12-14-26(25)21-24/h5-21,29-33,38H,22-23H2,1-4H3/t29?,30?,31-,32+,33?/m1/s1. The van der Waals surface area contributed by atoms with E-state index in [9.17, 15) is 10.6 Å². The largest absolute Gasteiger partial charge is 0.405 e. The number of hydrogen-bond acceptors (Lipinski definition) is 6. The first-order valence-corrected chi connectivity index (χ1v) is 16.4. The maximum atomic E-state index is 11.4. The van der Waals surface area contributed by atoms with Gasteiger partial charge in [-0.1, -0.05) is 123 Å². The quantitative estimate of drug-likeness (QED) is 0.109. The molecular weight excluding hydrogens is 558 g/mol. The number of fused-ring (bicyclic) bond motifs is 1. The fourth-order valence-electron chi connectivity index (χ4n) is 6.13. The highest BCUT2D eigenvalue weighted by atomic mass is 28.4. The maximum Gasteiger partial charge on any atom is 0.261 e. The van der Waals surface area contributed by atoms with E-state index < -0.39 is 39.0 Å². The number of aliphatic hydroxyl groups excluding tert-OH is 1. The average Bonchev–Trinajstić information content (AvgIpc) is 3.02. The first-order chi connectivity index (χ1) is 20.8. The lowest BCUT2D eigenvalue weighted by Crippen LogP contribution is -2.68. The lowest BCUT2D eigenvalue weighted by molar-refractivity contribution is -0.272. The van der Waals surface area contributed by atoms with Crippen molar-refractivity contribution in [2.75, 3.05) is 13.7 Å². The molecule has 4 aromatic rings. The zero-order valence-electron chi connectivity index (χ0n) is 25.0. The lowest BCUT2D eigenvalue weighted by atomic mass is 9.97. The smallest absolute Gasteiger partial charge is 0.261 e. The second-order valence-corrected chi connectivity index (χ2v) is 16.2. The van der Waals surface area contributed by atoms with Crippen molar-refractivity contribution in [2.45, 2.75) is 63.1 Å². The van der Waals surface area contributed by atoms with Crippen LogP contribution >= 0.6 is 0 Å². The number of benzene rings is 4. The Balaban J connectivity index is 1.44. The molecule has 5 atom stereocenters. The summed E-state index contributed by atoms with van der Waals surface area (Å²) in [7, 11) is -1.38. The number of ether oxygens (including phenoxy) is 3. The third-order valence-corrected chi connectivity index (χ3v) is 13.2. The molecule has 0 radical (unpaired) electrons. The Hall–Kier alpha value is -3.53. The highest BCUT2D eigenvalue weighted by molar-refractivity contribution is 6.99. The molecule has 0 amide bonds. The van der Waals surface area contributed by atoms with E-state index in [2.05, 4.69) is 67.2 Å². The van der Waals surface area contributed by atoms with Crippen molar-refractivity contribution in [3.63, 3.8) is 0 Å². The molecule has 1 aliphatic rings. The van der Waals surface area contributed by atoms with Crippen LogP contribution in [0, 0.1) is 0 Å². The molecule has 0 aromatic heterocycles. The predicted octanol–water partition coefficient (Wildman–Crippen LogP) is 5.71. The number of hydrogen-bond donors (Lipinski definition) is 1. The van der Waals surface area contributed by atoms with Crippen molar-refractivity contribution < 1.29 is 23.7 Å². The van der Waals surface area contributed by atoms with Gasteiger partial charge in [0.1, 0.15) is 18.2 Å². The SMILES string of the molecule is CO[C@H]1C(CO[Si](c2ccccc2)(c2ccccc2)C(C)(C)C)OC(OCc2ccc3ccccc3c2)C(N=[N+]=[N-])[C@H]1O. The van der Waals surface area contributed by atoms with Gasteiger partial charge < -0.3 is 23.7 Å². The van der Waals surface area contributed by atoms with E-state index in [1.165, 1.54) is 7.11 Å². The Morgan fingerprint density at radius 2 is 1.49 bits per heavy atom. The van der Waals surface area contributed by atoms with Gasteiger partial charge in [-0.15, -0.1) is 0 Å². The maximum absolute atomic E-state index is 11.4. The first kappa shape index (κ1) is 30.9. The molecule has 0 aliphatic carbocycles. The van der Waals surface area contributed by atoms with Crippen LogP contribution in [0.15, 0.2) is 108 Å². The van der Waals surface area contributed by atoms with Crippen LogP contribution in [0.25, 0.3) is 21.2 Å². The van der Waals surface area contributed by atoms with Crippen molar-refractivity contribution in [1.29, 1.82) is 0 Å². The molecule has 5 rings (SSSR count). The predicted molar refractivity (Wildman–Crippen MR) is 171 cm³/mol. The Bertz CT molecular complexity index is 1500. The topological polar surface area (TPSA) is 106 Å². The minimum Gasteiger partial charge on any atom is -0.405 e. The molecule has 3 unspecified atom stereocenters. The average molecular weight is 598 g/mol. The second kappa shape index (κ2) is 13.4. The number of methoxy groups -OCH3 is 1. The van der Waals surface area contributed by atoms with E-state index in [1.807, 2.05) is 66.7 Å². The van der Waals surface area contributed by atoms with E-state index >= 15 is 0 Å². The molecule has 8 nitrogen and oxygen atoms in total. The Morgan fingerprint density at radius 3 is 2.07 bits per heavy atom. The van der Waals surface area contributed by atoms with Crippen LogP contribution in [0.4, 0.5) is 0 Å². The van der Waals surface area contributed by atoms with Crippen LogP contribution in [0.5, 0.6) is 0 Å². The Labute approximate surface area is 253 Å². The van der Waals surface area contributed by atoms with Gasteiger partial charge in [0.05, 0.1) is 19.3 Å². The molecule has 0 bridgehead atoms.